The Morgan fingerprint density at radius 3 is 2.38 bits per heavy atom. The van der Waals surface area contributed by atoms with Gasteiger partial charge < -0.3 is 15.0 Å². The zero-order valence-corrected chi connectivity index (χ0v) is 18.5. The highest BCUT2D eigenvalue weighted by atomic mass is 16.5. The van der Waals surface area contributed by atoms with Crippen molar-refractivity contribution < 1.29 is 9.53 Å². The Balaban J connectivity index is 1.53. The summed E-state index contributed by atoms with van der Waals surface area (Å²) in [5.74, 6) is 0.421. The number of amides is 1. The first kappa shape index (κ1) is 22.0. The van der Waals surface area contributed by atoms with Crippen molar-refractivity contribution in [3.8, 4) is 11.4 Å². The normalized spacial score (nSPS) is 14.8. The fraction of sp³-hybridized carbons (Fsp3) is 0.400. The molecule has 1 saturated heterocycles. The maximum atomic E-state index is 13.1. The summed E-state index contributed by atoms with van der Waals surface area (Å²) in [5.41, 5.74) is 0.575. The summed E-state index contributed by atoms with van der Waals surface area (Å²) in [6, 6.07) is 14.2. The van der Waals surface area contributed by atoms with Crippen LogP contribution in [-0.2, 0) is 0 Å². The van der Waals surface area contributed by atoms with E-state index < -0.39 is 0 Å². The number of hydrogen-bond acceptors (Lipinski definition) is 5. The summed E-state index contributed by atoms with van der Waals surface area (Å²) < 4.78 is 6.48. The Bertz CT molecular complexity index is 1120. The van der Waals surface area contributed by atoms with Crippen molar-refractivity contribution in [3.05, 3.63) is 64.6 Å². The van der Waals surface area contributed by atoms with Crippen molar-refractivity contribution in [2.45, 2.75) is 32.1 Å². The second-order valence-corrected chi connectivity index (χ2v) is 8.17. The molecular formula is C25H30N4O3. The number of methoxy groups -OCH3 is 1. The van der Waals surface area contributed by atoms with Crippen LogP contribution in [0.5, 0.6) is 5.75 Å². The molecule has 0 spiro atoms. The lowest BCUT2D eigenvalue weighted by molar-refractivity contribution is 0.0947. The monoisotopic (exact) mass is 434 g/mol. The molecule has 2 heterocycles. The molecule has 1 N–H and O–H groups in total. The molecule has 1 aliphatic heterocycles. The molecule has 3 aromatic rings. The van der Waals surface area contributed by atoms with Crippen molar-refractivity contribution >= 4 is 16.7 Å². The first-order chi connectivity index (χ1) is 15.7. The van der Waals surface area contributed by atoms with E-state index in [1.807, 2.05) is 6.07 Å². The van der Waals surface area contributed by atoms with Gasteiger partial charge in [-0.2, -0.15) is 9.78 Å². The van der Waals surface area contributed by atoms with E-state index in [9.17, 15) is 9.59 Å². The van der Waals surface area contributed by atoms with Crippen molar-refractivity contribution in [3.63, 3.8) is 0 Å². The highest BCUT2D eigenvalue weighted by Gasteiger charge is 2.17. The fourth-order valence-corrected chi connectivity index (χ4v) is 4.20. The van der Waals surface area contributed by atoms with Crippen LogP contribution in [0.3, 0.4) is 0 Å². The number of likely N-dealkylation sites (tertiary alicyclic amines) is 1. The van der Waals surface area contributed by atoms with E-state index in [4.69, 9.17) is 4.74 Å². The molecule has 1 amide bonds. The Kier molecular flexibility index (Phi) is 7.17. The van der Waals surface area contributed by atoms with Crippen LogP contribution in [0.4, 0.5) is 0 Å². The minimum Gasteiger partial charge on any atom is -0.497 e. The van der Waals surface area contributed by atoms with Gasteiger partial charge in [0, 0.05) is 11.9 Å². The summed E-state index contributed by atoms with van der Waals surface area (Å²) in [4.78, 5) is 28.6. The Morgan fingerprint density at radius 2 is 1.69 bits per heavy atom. The van der Waals surface area contributed by atoms with Gasteiger partial charge in [-0.1, -0.05) is 31.0 Å². The zero-order chi connectivity index (χ0) is 22.3. The van der Waals surface area contributed by atoms with Gasteiger partial charge in [0.15, 0.2) is 5.69 Å². The van der Waals surface area contributed by atoms with Gasteiger partial charge >= 0.3 is 0 Å². The van der Waals surface area contributed by atoms with Crippen LogP contribution in [0.25, 0.3) is 16.5 Å². The van der Waals surface area contributed by atoms with Gasteiger partial charge in [0.05, 0.1) is 18.2 Å². The van der Waals surface area contributed by atoms with E-state index in [1.165, 1.54) is 30.4 Å². The maximum absolute atomic E-state index is 13.1. The molecule has 1 fully saturated rings. The standard InChI is InChI=1S/C25H30N4O3/c1-32-20-13-11-19(12-14-20)29-25(31)22-10-5-4-9-21(22)23(27-29)24(30)26-15-8-18-28-16-6-2-3-7-17-28/h4-5,9-14H,2-3,6-8,15-18H2,1H3,(H,26,30). The zero-order valence-electron chi connectivity index (χ0n) is 18.5. The number of ether oxygens (including phenoxy) is 1. The highest BCUT2D eigenvalue weighted by Crippen LogP contribution is 2.17. The van der Waals surface area contributed by atoms with E-state index in [2.05, 4.69) is 15.3 Å². The van der Waals surface area contributed by atoms with Crippen LogP contribution in [0.1, 0.15) is 42.6 Å². The predicted molar refractivity (Wildman–Crippen MR) is 126 cm³/mol. The topological polar surface area (TPSA) is 76.5 Å². The van der Waals surface area contributed by atoms with E-state index in [-0.39, 0.29) is 17.2 Å². The van der Waals surface area contributed by atoms with Gasteiger partial charge in [0.2, 0.25) is 0 Å². The van der Waals surface area contributed by atoms with Crippen molar-refractivity contribution in [2.24, 2.45) is 0 Å². The summed E-state index contributed by atoms with van der Waals surface area (Å²) in [7, 11) is 1.59. The molecule has 7 heteroatoms. The number of rotatable bonds is 7. The van der Waals surface area contributed by atoms with Crippen LogP contribution in [0, 0.1) is 0 Å². The highest BCUT2D eigenvalue weighted by molar-refractivity contribution is 6.04. The van der Waals surface area contributed by atoms with E-state index >= 15 is 0 Å². The molecule has 0 bridgehead atoms. The summed E-state index contributed by atoms with van der Waals surface area (Å²) >= 11 is 0. The average molecular weight is 435 g/mol. The second kappa shape index (κ2) is 10.4. The van der Waals surface area contributed by atoms with E-state index in [0.717, 1.165) is 26.1 Å². The molecule has 7 nitrogen and oxygen atoms in total. The number of carbonyl (C=O) groups is 1. The third kappa shape index (κ3) is 4.99. The molecule has 0 saturated carbocycles. The van der Waals surface area contributed by atoms with Crippen molar-refractivity contribution in [1.29, 1.82) is 0 Å². The predicted octanol–water partition coefficient (Wildman–Crippen LogP) is 3.39. The van der Waals surface area contributed by atoms with Crippen LogP contribution >= 0.6 is 0 Å². The van der Waals surface area contributed by atoms with Crippen LogP contribution in [-0.4, -0.2) is 53.9 Å². The van der Waals surface area contributed by atoms with Crippen LogP contribution in [0.15, 0.2) is 53.3 Å². The average Bonchev–Trinajstić information content (AvgIpc) is 3.11. The smallest absolute Gasteiger partial charge is 0.279 e. The Hall–Kier alpha value is -3.19. The second-order valence-electron chi connectivity index (χ2n) is 8.17. The molecule has 0 atom stereocenters. The summed E-state index contributed by atoms with van der Waals surface area (Å²) in [6.45, 7) is 3.85. The van der Waals surface area contributed by atoms with Gasteiger partial charge in [0.25, 0.3) is 11.5 Å². The number of nitrogens with one attached hydrogen (secondary N) is 1. The van der Waals surface area contributed by atoms with Gasteiger partial charge in [-0.05, 0) is 69.2 Å². The van der Waals surface area contributed by atoms with Gasteiger partial charge in [-0.25, -0.2) is 0 Å². The first-order valence-electron chi connectivity index (χ1n) is 11.3. The molecule has 0 unspecified atom stereocenters. The number of nitrogens with zero attached hydrogens (tertiary/aromatic N) is 3. The molecule has 0 radical (unpaired) electrons. The maximum Gasteiger partial charge on any atom is 0.279 e. The number of aromatic nitrogens is 2. The quantitative estimate of drug-likeness (QED) is 0.577. The number of benzene rings is 2. The molecular weight excluding hydrogens is 404 g/mol. The van der Waals surface area contributed by atoms with Gasteiger partial charge in [-0.3, -0.25) is 9.59 Å². The Labute approximate surface area is 188 Å². The summed E-state index contributed by atoms with van der Waals surface area (Å²) in [5, 5.41) is 8.48. The molecule has 0 aliphatic carbocycles. The lowest BCUT2D eigenvalue weighted by atomic mass is 10.1. The lowest BCUT2D eigenvalue weighted by Gasteiger charge is -2.19. The molecule has 168 valence electrons. The molecule has 1 aliphatic rings. The SMILES string of the molecule is COc1ccc(-n2nc(C(=O)NCCCN3CCCCCC3)c3ccccc3c2=O)cc1. The van der Waals surface area contributed by atoms with E-state index in [1.54, 1.807) is 49.6 Å². The largest absolute Gasteiger partial charge is 0.497 e. The number of fused-ring (bicyclic) bond motifs is 1. The summed E-state index contributed by atoms with van der Waals surface area (Å²) in [6.07, 6.45) is 6.04. The fourth-order valence-electron chi connectivity index (χ4n) is 4.20. The first-order valence-corrected chi connectivity index (χ1v) is 11.3. The number of carbonyl (C=O) groups excluding carboxylic acids is 1. The van der Waals surface area contributed by atoms with Crippen LogP contribution < -0.4 is 15.6 Å². The Morgan fingerprint density at radius 1 is 1.00 bits per heavy atom. The van der Waals surface area contributed by atoms with E-state index in [0.29, 0.717) is 28.8 Å². The van der Waals surface area contributed by atoms with Gasteiger partial charge in [0.1, 0.15) is 5.75 Å². The minimum absolute atomic E-state index is 0.255. The number of hydrogen-bond donors (Lipinski definition) is 1. The molecule has 2 aromatic carbocycles. The minimum atomic E-state index is -0.265. The third-order valence-corrected chi connectivity index (χ3v) is 5.97. The molecule has 4 rings (SSSR count). The molecule has 1 aromatic heterocycles. The van der Waals surface area contributed by atoms with Gasteiger partial charge in [-0.15, -0.1) is 0 Å². The third-order valence-electron chi connectivity index (χ3n) is 5.97. The van der Waals surface area contributed by atoms with Crippen molar-refractivity contribution in [2.75, 3.05) is 33.3 Å². The lowest BCUT2D eigenvalue weighted by Crippen LogP contribution is -2.32. The van der Waals surface area contributed by atoms with Crippen molar-refractivity contribution in [1.82, 2.24) is 20.0 Å². The van der Waals surface area contributed by atoms with Crippen LogP contribution in [0.2, 0.25) is 0 Å². The molecule has 32 heavy (non-hydrogen) atoms.